The van der Waals surface area contributed by atoms with E-state index >= 15 is 0 Å². The summed E-state index contributed by atoms with van der Waals surface area (Å²) in [5, 5.41) is 2.93. The van der Waals surface area contributed by atoms with Crippen molar-refractivity contribution in [2.75, 3.05) is 16.8 Å². The second-order valence-corrected chi connectivity index (χ2v) is 8.71. The summed E-state index contributed by atoms with van der Waals surface area (Å²) in [6, 6.07) is 5.60. The zero-order chi connectivity index (χ0) is 20.5. The van der Waals surface area contributed by atoms with Crippen molar-refractivity contribution in [3.05, 3.63) is 52.7 Å². The number of halogens is 2. The molecule has 1 aromatic heterocycles. The van der Waals surface area contributed by atoms with E-state index in [1.165, 1.54) is 12.1 Å². The number of nitrogens with zero attached hydrogens (tertiary/aromatic N) is 2. The number of aryl methyl sites for hydroxylation is 2. The molecule has 2 aromatic rings. The van der Waals surface area contributed by atoms with Crippen molar-refractivity contribution in [3.8, 4) is 0 Å². The summed E-state index contributed by atoms with van der Waals surface area (Å²) in [4.78, 5) is 19.1. The van der Waals surface area contributed by atoms with Crippen LogP contribution in [-0.4, -0.2) is 17.4 Å². The third-order valence-corrected chi connectivity index (χ3v) is 4.70. The number of benzene rings is 1. The monoisotopic (exact) mass is 387 g/mol. The van der Waals surface area contributed by atoms with Gasteiger partial charge >= 0.3 is 0 Å². The molecule has 0 saturated heterocycles. The fourth-order valence-electron chi connectivity index (χ4n) is 3.52. The van der Waals surface area contributed by atoms with Crippen molar-refractivity contribution in [2.45, 2.75) is 53.5 Å². The van der Waals surface area contributed by atoms with Crippen LogP contribution in [-0.2, 0) is 17.8 Å². The highest BCUT2D eigenvalue weighted by molar-refractivity contribution is 5.91. The Kier molecular flexibility index (Phi) is 5.68. The van der Waals surface area contributed by atoms with E-state index in [0.29, 0.717) is 24.3 Å². The van der Waals surface area contributed by atoms with Gasteiger partial charge in [-0.15, -0.1) is 0 Å². The van der Waals surface area contributed by atoms with Gasteiger partial charge in [0.2, 0.25) is 5.91 Å². The molecule has 1 aliphatic rings. The van der Waals surface area contributed by atoms with Gasteiger partial charge in [0.1, 0.15) is 17.5 Å². The Bertz CT molecular complexity index is 870. The van der Waals surface area contributed by atoms with Gasteiger partial charge in [0, 0.05) is 25.6 Å². The van der Waals surface area contributed by atoms with E-state index in [-0.39, 0.29) is 11.3 Å². The Labute approximate surface area is 165 Å². The molecular weight excluding hydrogens is 360 g/mol. The molecule has 0 atom stereocenters. The van der Waals surface area contributed by atoms with E-state index in [1.54, 1.807) is 0 Å². The lowest BCUT2D eigenvalue weighted by Crippen LogP contribution is -2.30. The molecule has 6 heteroatoms. The zero-order valence-corrected chi connectivity index (χ0v) is 16.9. The first-order chi connectivity index (χ1) is 13.1. The molecule has 0 aliphatic carbocycles. The second kappa shape index (κ2) is 7.86. The molecule has 1 amide bonds. The highest BCUT2D eigenvalue weighted by Gasteiger charge is 2.22. The van der Waals surface area contributed by atoms with Crippen molar-refractivity contribution < 1.29 is 13.6 Å². The number of carbonyl (C=O) groups excluding carboxylic acids is 1. The van der Waals surface area contributed by atoms with Gasteiger partial charge in [0.25, 0.3) is 0 Å². The summed E-state index contributed by atoms with van der Waals surface area (Å²) < 4.78 is 27.0. The third kappa shape index (κ3) is 5.06. The first-order valence-corrected chi connectivity index (χ1v) is 9.61. The van der Waals surface area contributed by atoms with Crippen LogP contribution in [0.2, 0.25) is 0 Å². The van der Waals surface area contributed by atoms with Gasteiger partial charge < -0.3 is 10.2 Å². The first kappa shape index (κ1) is 20.2. The van der Waals surface area contributed by atoms with E-state index in [9.17, 15) is 13.6 Å². The lowest BCUT2D eigenvalue weighted by Gasteiger charge is -2.31. The number of rotatable bonds is 4. The molecule has 150 valence electrons. The lowest BCUT2D eigenvalue weighted by atomic mass is 9.92. The van der Waals surface area contributed by atoms with Gasteiger partial charge in [-0.2, -0.15) is 0 Å². The number of anilines is 2. The predicted octanol–water partition coefficient (Wildman–Crippen LogP) is 5.00. The minimum absolute atomic E-state index is 0.0500. The van der Waals surface area contributed by atoms with Crippen LogP contribution in [0.4, 0.5) is 20.3 Å². The number of amides is 1. The molecule has 0 radical (unpaired) electrons. The molecule has 28 heavy (non-hydrogen) atoms. The Morgan fingerprint density at radius 1 is 1.18 bits per heavy atom. The van der Waals surface area contributed by atoms with Crippen LogP contribution in [0.1, 0.15) is 50.4 Å². The molecule has 4 nitrogen and oxygen atoms in total. The maximum atomic E-state index is 13.5. The SMILES string of the molecule is Cc1cc2c(nc1NC(=O)CC(C)(C)C)CCCN2Cc1cc(F)cc(F)c1. The number of fused-ring (bicyclic) bond motifs is 1. The second-order valence-electron chi connectivity index (χ2n) is 8.71. The molecular formula is C22H27F2N3O. The molecule has 2 heterocycles. The zero-order valence-electron chi connectivity index (χ0n) is 16.9. The molecule has 0 unspecified atom stereocenters. The fourth-order valence-corrected chi connectivity index (χ4v) is 3.52. The number of hydrogen-bond donors (Lipinski definition) is 1. The Balaban J connectivity index is 1.82. The summed E-state index contributed by atoms with van der Waals surface area (Å²) in [7, 11) is 0. The third-order valence-electron chi connectivity index (χ3n) is 4.70. The van der Waals surface area contributed by atoms with Crippen molar-refractivity contribution in [1.82, 2.24) is 4.98 Å². The van der Waals surface area contributed by atoms with E-state index < -0.39 is 11.6 Å². The largest absolute Gasteiger partial charge is 0.366 e. The molecule has 1 aliphatic heterocycles. The van der Waals surface area contributed by atoms with Crippen molar-refractivity contribution in [3.63, 3.8) is 0 Å². The van der Waals surface area contributed by atoms with Crippen molar-refractivity contribution >= 4 is 17.4 Å². The standard InChI is InChI=1S/C22H27F2N3O/c1-14-8-19-18(25-21(14)26-20(28)12-22(2,3)4)6-5-7-27(19)13-15-9-16(23)11-17(24)10-15/h8-11H,5-7,12-13H2,1-4H3,(H,25,26,28). The number of aromatic nitrogens is 1. The van der Waals surface area contributed by atoms with Crippen LogP contribution >= 0.6 is 0 Å². The maximum Gasteiger partial charge on any atom is 0.226 e. The Morgan fingerprint density at radius 3 is 2.50 bits per heavy atom. The molecule has 0 bridgehead atoms. The summed E-state index contributed by atoms with van der Waals surface area (Å²) in [5.74, 6) is -0.602. The van der Waals surface area contributed by atoms with Crippen LogP contribution in [0, 0.1) is 24.0 Å². The fraction of sp³-hybridized carbons (Fsp3) is 0.455. The molecule has 0 spiro atoms. The molecule has 0 saturated carbocycles. The average molecular weight is 387 g/mol. The van der Waals surface area contributed by atoms with Crippen LogP contribution in [0.3, 0.4) is 0 Å². The number of hydrogen-bond acceptors (Lipinski definition) is 3. The minimum atomic E-state index is -0.571. The van der Waals surface area contributed by atoms with E-state index in [1.807, 2.05) is 33.8 Å². The number of carbonyl (C=O) groups is 1. The predicted molar refractivity (Wildman–Crippen MR) is 107 cm³/mol. The van der Waals surface area contributed by atoms with Gasteiger partial charge in [0.15, 0.2) is 0 Å². The number of pyridine rings is 1. The summed E-state index contributed by atoms with van der Waals surface area (Å²) >= 11 is 0. The smallest absolute Gasteiger partial charge is 0.226 e. The van der Waals surface area contributed by atoms with Crippen molar-refractivity contribution in [2.24, 2.45) is 5.41 Å². The van der Waals surface area contributed by atoms with E-state index in [4.69, 9.17) is 0 Å². The van der Waals surface area contributed by atoms with Crippen LogP contribution in [0.5, 0.6) is 0 Å². The molecule has 3 rings (SSSR count). The Hall–Kier alpha value is -2.50. The van der Waals surface area contributed by atoms with E-state index in [2.05, 4.69) is 15.2 Å². The summed E-state index contributed by atoms with van der Waals surface area (Å²) in [6.45, 7) is 9.18. The molecule has 1 aromatic carbocycles. The van der Waals surface area contributed by atoms with Gasteiger partial charge in [0.05, 0.1) is 11.4 Å². The minimum Gasteiger partial charge on any atom is -0.366 e. The van der Waals surface area contributed by atoms with Crippen LogP contribution in [0.25, 0.3) is 0 Å². The lowest BCUT2D eigenvalue weighted by molar-refractivity contribution is -0.117. The van der Waals surface area contributed by atoms with Crippen molar-refractivity contribution in [1.29, 1.82) is 0 Å². The number of nitrogens with one attached hydrogen (secondary N) is 1. The van der Waals surface area contributed by atoms with Crippen LogP contribution in [0.15, 0.2) is 24.3 Å². The summed E-state index contributed by atoms with van der Waals surface area (Å²) in [6.07, 6.45) is 2.13. The van der Waals surface area contributed by atoms with E-state index in [0.717, 1.165) is 42.4 Å². The topological polar surface area (TPSA) is 45.2 Å². The normalized spacial score (nSPS) is 14.0. The van der Waals surface area contributed by atoms with Gasteiger partial charge in [-0.3, -0.25) is 4.79 Å². The Morgan fingerprint density at radius 2 is 1.86 bits per heavy atom. The van der Waals surface area contributed by atoms with Crippen LogP contribution < -0.4 is 10.2 Å². The highest BCUT2D eigenvalue weighted by Crippen LogP contribution is 2.31. The average Bonchev–Trinajstić information content (AvgIpc) is 2.53. The van der Waals surface area contributed by atoms with Gasteiger partial charge in [-0.25, -0.2) is 13.8 Å². The summed E-state index contributed by atoms with van der Waals surface area (Å²) in [5.41, 5.74) is 3.23. The highest BCUT2D eigenvalue weighted by atomic mass is 19.1. The first-order valence-electron chi connectivity index (χ1n) is 9.61. The van der Waals surface area contributed by atoms with Gasteiger partial charge in [-0.1, -0.05) is 20.8 Å². The van der Waals surface area contributed by atoms with Gasteiger partial charge in [-0.05, 0) is 54.5 Å². The maximum absolute atomic E-state index is 13.5. The molecule has 0 fully saturated rings. The molecule has 1 N–H and O–H groups in total. The quantitative estimate of drug-likeness (QED) is 0.803.